The number of esters is 1. The van der Waals surface area contributed by atoms with Crippen LogP contribution < -0.4 is 11.5 Å². The molecule has 54 heavy (non-hydrogen) atoms. The van der Waals surface area contributed by atoms with E-state index in [9.17, 15) is 9.59 Å². The molecule has 4 atom stereocenters. The van der Waals surface area contributed by atoms with Gasteiger partial charge in [-0.25, -0.2) is 0 Å². The van der Waals surface area contributed by atoms with Gasteiger partial charge < -0.3 is 25.8 Å². The smallest absolute Gasteiger partial charge is 0.324 e. The first-order valence-electron chi connectivity index (χ1n) is 18.5. The molecule has 13 heteroatoms. The third-order valence-electron chi connectivity index (χ3n) is 10.3. The van der Waals surface area contributed by atoms with Gasteiger partial charge in [0.05, 0.1) is 7.11 Å². The average Bonchev–Trinajstić information content (AvgIpc) is 3.20. The number of piperazine rings is 2. The maximum absolute atomic E-state index is 13.3. The fraction of sp³-hybridized carbons (Fsp3) is 0.463. The van der Waals surface area contributed by atoms with Gasteiger partial charge in [0.2, 0.25) is 0 Å². The van der Waals surface area contributed by atoms with E-state index in [2.05, 4.69) is 76.4 Å². The summed E-state index contributed by atoms with van der Waals surface area (Å²) in [5.41, 5.74) is 14.2. The van der Waals surface area contributed by atoms with E-state index >= 15 is 0 Å². The van der Waals surface area contributed by atoms with Crippen LogP contribution in [0.3, 0.4) is 0 Å². The third kappa shape index (κ3) is 11.6. The molecule has 2 saturated heterocycles. The second-order valence-corrected chi connectivity index (χ2v) is 14.7. The monoisotopic (exact) mass is 796 g/mol. The van der Waals surface area contributed by atoms with Gasteiger partial charge in [-0.3, -0.25) is 24.3 Å². The molecule has 2 heterocycles. The zero-order chi connectivity index (χ0) is 37.7. The number of rotatable bonds is 13. The lowest BCUT2D eigenvalue weighted by molar-refractivity contribution is -0.150. The SMILES string of the molecule is COC(=O)C1CN(C[C@@H](N)CS)CCN1Cc1cccc2ccccc12.COCC[C@H]1CN(C(=O)c2cccc3ccccc23)CCN1C[C@@H](N)CS.Cl. The number of amides is 1. The van der Waals surface area contributed by atoms with E-state index in [-0.39, 0.29) is 48.5 Å². The minimum atomic E-state index is -0.278. The number of hydrogen-bond acceptors (Lipinski definition) is 11. The van der Waals surface area contributed by atoms with E-state index < -0.39 is 0 Å². The van der Waals surface area contributed by atoms with E-state index in [1.165, 1.54) is 23.4 Å². The van der Waals surface area contributed by atoms with Crippen molar-refractivity contribution in [3.63, 3.8) is 0 Å². The van der Waals surface area contributed by atoms with Crippen LogP contribution in [0, 0.1) is 0 Å². The highest BCUT2D eigenvalue weighted by atomic mass is 35.5. The number of methoxy groups -OCH3 is 2. The number of nitrogens with zero attached hydrogens (tertiary/aromatic N) is 4. The van der Waals surface area contributed by atoms with Gasteiger partial charge in [-0.2, -0.15) is 25.3 Å². The molecule has 2 aliphatic heterocycles. The maximum atomic E-state index is 13.3. The van der Waals surface area contributed by atoms with Crippen LogP contribution in [0.5, 0.6) is 0 Å². The number of hydrogen-bond donors (Lipinski definition) is 4. The number of nitrogens with two attached hydrogens (primary N) is 2. The molecule has 0 spiro atoms. The second-order valence-electron chi connectivity index (χ2n) is 14.0. The Bertz CT molecular complexity index is 1780. The average molecular weight is 798 g/mol. The van der Waals surface area contributed by atoms with Gasteiger partial charge in [-0.15, -0.1) is 12.4 Å². The quantitative estimate of drug-likeness (QED) is 0.115. The summed E-state index contributed by atoms with van der Waals surface area (Å²) in [6.45, 7) is 7.53. The Labute approximate surface area is 337 Å². The van der Waals surface area contributed by atoms with E-state index in [1.54, 1.807) is 7.11 Å². The van der Waals surface area contributed by atoms with Crippen molar-refractivity contribution in [3.05, 3.63) is 96.1 Å². The number of thiol groups is 2. The second kappa shape index (κ2) is 22.0. The first-order chi connectivity index (χ1) is 25.8. The molecule has 0 aliphatic carbocycles. The Hall–Kier alpha value is -2.91. The predicted octanol–water partition coefficient (Wildman–Crippen LogP) is 4.44. The summed E-state index contributed by atoms with van der Waals surface area (Å²) in [6.07, 6.45) is 0.884. The molecule has 1 unspecified atom stereocenters. The van der Waals surface area contributed by atoms with Crippen LogP contribution >= 0.6 is 37.7 Å². The molecule has 0 saturated carbocycles. The van der Waals surface area contributed by atoms with Crippen molar-refractivity contribution in [1.82, 2.24) is 19.6 Å². The van der Waals surface area contributed by atoms with E-state index in [1.807, 2.05) is 53.4 Å². The molecule has 294 valence electrons. The molecule has 2 fully saturated rings. The number of benzene rings is 4. The molecule has 1 amide bonds. The van der Waals surface area contributed by atoms with Crippen LogP contribution in [0.2, 0.25) is 0 Å². The Kier molecular flexibility index (Phi) is 17.8. The molecule has 10 nitrogen and oxygen atoms in total. The van der Waals surface area contributed by atoms with Crippen molar-refractivity contribution in [2.45, 2.75) is 37.1 Å². The standard InChI is InChI=1S/C21H29N3O2S.C20H27N3O2S.ClH/c1-26-12-9-18-14-24(11-10-23(18)13-17(22)15-27)21(25)20-8-4-6-16-5-2-3-7-19(16)20;1-25-20(24)19-13-22(12-17(21)14-26)9-10-23(19)11-16-7-4-6-15-5-2-3-8-18(15)16;/h2-8,17-18,27H,9-15,22H2,1H3;2-8,17,19,26H,9-14,21H2,1H3;1H/t17-,18+;17-,19?;/m11./s1. The minimum Gasteiger partial charge on any atom is -0.468 e. The lowest BCUT2D eigenvalue weighted by Gasteiger charge is -2.42. The molecule has 4 N–H and O–H groups in total. The summed E-state index contributed by atoms with van der Waals surface area (Å²) in [5.74, 6) is 1.22. The highest BCUT2D eigenvalue weighted by Crippen LogP contribution is 2.24. The van der Waals surface area contributed by atoms with Crippen molar-refractivity contribution in [3.8, 4) is 0 Å². The molecule has 4 aromatic carbocycles. The molecular formula is C41H57ClN6O4S2. The number of carbonyl (C=O) groups excluding carboxylic acids is 2. The van der Waals surface area contributed by atoms with E-state index in [0.29, 0.717) is 37.7 Å². The van der Waals surface area contributed by atoms with Crippen LogP contribution in [0.1, 0.15) is 22.3 Å². The molecule has 6 rings (SSSR count). The molecular weight excluding hydrogens is 740 g/mol. The zero-order valence-electron chi connectivity index (χ0n) is 31.5. The number of fused-ring (bicyclic) bond motifs is 2. The normalized spacial score (nSPS) is 19.4. The van der Waals surface area contributed by atoms with Crippen LogP contribution in [0.25, 0.3) is 21.5 Å². The van der Waals surface area contributed by atoms with Gasteiger partial charge >= 0.3 is 5.97 Å². The van der Waals surface area contributed by atoms with Crippen molar-refractivity contribution in [2.75, 3.05) is 84.7 Å². The largest absolute Gasteiger partial charge is 0.468 e. The van der Waals surface area contributed by atoms with Crippen molar-refractivity contribution >= 4 is 71.1 Å². The summed E-state index contributed by atoms with van der Waals surface area (Å²) < 4.78 is 10.4. The summed E-state index contributed by atoms with van der Waals surface area (Å²) in [6, 6.07) is 28.7. The van der Waals surface area contributed by atoms with Crippen molar-refractivity contribution < 1.29 is 19.1 Å². The summed E-state index contributed by atoms with van der Waals surface area (Å²) in [5, 5.41) is 4.56. The topological polar surface area (TPSA) is 118 Å². The Morgan fingerprint density at radius 2 is 1.37 bits per heavy atom. The van der Waals surface area contributed by atoms with Gasteiger partial charge in [0.15, 0.2) is 0 Å². The Balaban J connectivity index is 0.000000236. The molecule has 0 radical (unpaired) electrons. The van der Waals surface area contributed by atoms with Crippen LogP contribution in [0.15, 0.2) is 84.9 Å². The van der Waals surface area contributed by atoms with Crippen LogP contribution in [-0.4, -0.2) is 140 Å². The van der Waals surface area contributed by atoms with Crippen molar-refractivity contribution in [2.24, 2.45) is 11.5 Å². The highest BCUT2D eigenvalue weighted by Gasteiger charge is 2.34. The van der Waals surface area contributed by atoms with E-state index in [4.69, 9.17) is 20.9 Å². The summed E-state index contributed by atoms with van der Waals surface area (Å²) in [7, 11) is 3.17. The minimum absolute atomic E-state index is 0. The van der Waals surface area contributed by atoms with Gasteiger partial charge in [-0.1, -0.05) is 78.9 Å². The van der Waals surface area contributed by atoms with Gasteiger partial charge in [0.25, 0.3) is 5.91 Å². The van der Waals surface area contributed by atoms with Gasteiger partial charge in [-0.05, 0) is 39.6 Å². The molecule has 2 aliphatic rings. The number of ether oxygens (including phenoxy) is 2. The zero-order valence-corrected chi connectivity index (χ0v) is 34.1. The van der Waals surface area contributed by atoms with E-state index in [0.717, 1.165) is 62.0 Å². The molecule has 0 aromatic heterocycles. The maximum Gasteiger partial charge on any atom is 0.324 e. The summed E-state index contributed by atoms with van der Waals surface area (Å²) >= 11 is 8.57. The number of carbonyl (C=O) groups is 2. The van der Waals surface area contributed by atoms with Crippen molar-refractivity contribution in [1.29, 1.82) is 0 Å². The third-order valence-corrected chi connectivity index (χ3v) is 11.2. The summed E-state index contributed by atoms with van der Waals surface area (Å²) in [4.78, 5) is 34.5. The lowest BCUT2D eigenvalue weighted by atomic mass is 10.0. The highest BCUT2D eigenvalue weighted by molar-refractivity contribution is 7.80. The van der Waals surface area contributed by atoms with Gasteiger partial charge in [0.1, 0.15) is 6.04 Å². The first kappa shape index (κ1) is 43.8. The first-order valence-corrected chi connectivity index (χ1v) is 19.8. The van der Waals surface area contributed by atoms with Crippen LogP contribution in [-0.2, 0) is 20.8 Å². The number of halogens is 1. The molecule has 4 aromatic rings. The molecule has 0 bridgehead atoms. The Morgan fingerprint density at radius 3 is 2.06 bits per heavy atom. The van der Waals surface area contributed by atoms with Gasteiger partial charge in [0, 0.05) is 108 Å². The van der Waals surface area contributed by atoms with Crippen LogP contribution in [0.4, 0.5) is 0 Å². The fourth-order valence-corrected chi connectivity index (χ4v) is 7.65. The predicted molar refractivity (Wildman–Crippen MR) is 229 cm³/mol. The fourth-order valence-electron chi connectivity index (χ4n) is 7.42. The lowest BCUT2D eigenvalue weighted by Crippen LogP contribution is -2.58. The Morgan fingerprint density at radius 1 is 0.759 bits per heavy atom.